The highest BCUT2D eigenvalue weighted by Gasteiger charge is 2.32. The molecule has 0 bridgehead atoms. The third kappa shape index (κ3) is 4.21. The highest BCUT2D eigenvalue weighted by molar-refractivity contribution is 7.89. The Labute approximate surface area is 133 Å². The lowest BCUT2D eigenvalue weighted by Gasteiger charge is -2.34. The highest BCUT2D eigenvalue weighted by Crippen LogP contribution is 2.25. The van der Waals surface area contributed by atoms with Crippen LogP contribution in [0.1, 0.15) is 39.2 Å². The standard InChI is InChI=1S/C16H26N2O3S/c1-12(2)21-15-6-5-14(11-13(15)3)22(19,20)18-16(4)7-9-17-10-8-16/h5-6,11-12,17-18H,7-10H2,1-4H3. The van der Waals surface area contributed by atoms with Gasteiger partial charge in [0.15, 0.2) is 0 Å². The van der Waals surface area contributed by atoms with Crippen LogP contribution in [0.3, 0.4) is 0 Å². The minimum Gasteiger partial charge on any atom is -0.491 e. The molecule has 0 radical (unpaired) electrons. The molecule has 5 nitrogen and oxygen atoms in total. The van der Waals surface area contributed by atoms with Crippen molar-refractivity contribution in [3.8, 4) is 5.75 Å². The molecule has 0 aliphatic carbocycles. The van der Waals surface area contributed by atoms with Gasteiger partial charge in [-0.3, -0.25) is 0 Å². The summed E-state index contributed by atoms with van der Waals surface area (Å²) in [6.07, 6.45) is 1.65. The van der Waals surface area contributed by atoms with Crippen molar-refractivity contribution >= 4 is 10.0 Å². The van der Waals surface area contributed by atoms with Crippen LogP contribution in [0.4, 0.5) is 0 Å². The number of piperidine rings is 1. The predicted molar refractivity (Wildman–Crippen MR) is 87.8 cm³/mol. The van der Waals surface area contributed by atoms with Crippen molar-refractivity contribution in [1.29, 1.82) is 0 Å². The van der Waals surface area contributed by atoms with Crippen molar-refractivity contribution in [3.05, 3.63) is 23.8 Å². The fraction of sp³-hybridized carbons (Fsp3) is 0.625. The number of sulfonamides is 1. The monoisotopic (exact) mass is 326 g/mol. The minimum absolute atomic E-state index is 0.0629. The van der Waals surface area contributed by atoms with Crippen LogP contribution in [0.15, 0.2) is 23.1 Å². The van der Waals surface area contributed by atoms with Crippen LogP contribution in [0, 0.1) is 6.92 Å². The molecular weight excluding hydrogens is 300 g/mol. The van der Waals surface area contributed by atoms with Gasteiger partial charge in [-0.15, -0.1) is 0 Å². The molecule has 2 N–H and O–H groups in total. The molecule has 0 saturated carbocycles. The Morgan fingerprint density at radius 3 is 2.45 bits per heavy atom. The highest BCUT2D eigenvalue weighted by atomic mass is 32.2. The number of rotatable bonds is 5. The SMILES string of the molecule is Cc1cc(S(=O)(=O)NC2(C)CCNCC2)ccc1OC(C)C. The lowest BCUT2D eigenvalue weighted by atomic mass is 9.92. The summed E-state index contributed by atoms with van der Waals surface area (Å²) in [5.74, 6) is 0.724. The van der Waals surface area contributed by atoms with Gasteiger partial charge < -0.3 is 10.1 Å². The maximum atomic E-state index is 12.6. The van der Waals surface area contributed by atoms with Crippen molar-refractivity contribution in [2.45, 2.75) is 57.1 Å². The summed E-state index contributed by atoms with van der Waals surface area (Å²) in [6, 6.07) is 5.01. The van der Waals surface area contributed by atoms with E-state index in [1.165, 1.54) is 0 Å². The molecule has 0 aromatic heterocycles. The molecule has 1 heterocycles. The van der Waals surface area contributed by atoms with Crippen LogP contribution < -0.4 is 14.8 Å². The molecule has 1 fully saturated rings. The van der Waals surface area contributed by atoms with Crippen LogP contribution in [-0.4, -0.2) is 33.2 Å². The second-order valence-corrected chi connectivity index (χ2v) is 8.19. The van der Waals surface area contributed by atoms with Crippen LogP contribution >= 0.6 is 0 Å². The molecule has 1 aromatic carbocycles. The number of nitrogens with one attached hydrogen (secondary N) is 2. The normalized spacial score (nSPS) is 18.4. The van der Waals surface area contributed by atoms with Crippen LogP contribution in [-0.2, 0) is 10.0 Å². The number of aryl methyl sites for hydroxylation is 1. The summed E-state index contributed by atoms with van der Waals surface area (Å²) < 4.78 is 33.8. The minimum atomic E-state index is -3.52. The molecule has 0 atom stereocenters. The zero-order valence-corrected chi connectivity index (χ0v) is 14.6. The number of ether oxygens (including phenoxy) is 1. The molecule has 0 unspecified atom stereocenters. The fourth-order valence-corrected chi connectivity index (χ4v) is 4.19. The lowest BCUT2D eigenvalue weighted by Crippen LogP contribution is -2.52. The first-order chi connectivity index (χ1) is 10.2. The summed E-state index contributed by atoms with van der Waals surface area (Å²) in [6.45, 7) is 9.39. The first-order valence-electron chi connectivity index (χ1n) is 7.74. The van der Waals surface area contributed by atoms with Gasteiger partial charge in [0.1, 0.15) is 5.75 Å². The Kier molecular flexibility index (Phi) is 5.14. The molecule has 6 heteroatoms. The van der Waals surface area contributed by atoms with Gasteiger partial charge in [0.2, 0.25) is 10.0 Å². The second-order valence-electron chi connectivity index (χ2n) is 6.51. The largest absolute Gasteiger partial charge is 0.491 e. The van der Waals surface area contributed by atoms with E-state index in [4.69, 9.17) is 4.74 Å². The Balaban J connectivity index is 2.20. The van der Waals surface area contributed by atoms with E-state index in [2.05, 4.69) is 10.0 Å². The smallest absolute Gasteiger partial charge is 0.241 e. The molecule has 1 aliphatic heterocycles. The summed E-state index contributed by atoms with van der Waals surface area (Å²) in [5.41, 5.74) is 0.442. The molecular formula is C16H26N2O3S. The van der Waals surface area contributed by atoms with Crippen molar-refractivity contribution < 1.29 is 13.2 Å². The Hall–Kier alpha value is -1.11. The zero-order valence-electron chi connectivity index (χ0n) is 13.8. The van der Waals surface area contributed by atoms with Crippen molar-refractivity contribution in [1.82, 2.24) is 10.0 Å². The topological polar surface area (TPSA) is 67.4 Å². The van der Waals surface area contributed by atoms with E-state index in [-0.39, 0.29) is 11.6 Å². The number of hydrogen-bond acceptors (Lipinski definition) is 4. The van der Waals surface area contributed by atoms with Gasteiger partial charge in [0.05, 0.1) is 11.0 Å². The van der Waals surface area contributed by atoms with Gasteiger partial charge in [0, 0.05) is 5.54 Å². The van der Waals surface area contributed by atoms with Crippen molar-refractivity contribution in [3.63, 3.8) is 0 Å². The second kappa shape index (κ2) is 6.56. The van der Waals surface area contributed by atoms with Gasteiger partial charge in [-0.25, -0.2) is 13.1 Å². The first kappa shape index (κ1) is 17.2. The fourth-order valence-electron chi connectivity index (χ4n) is 2.64. The van der Waals surface area contributed by atoms with E-state index in [9.17, 15) is 8.42 Å². The Morgan fingerprint density at radius 2 is 1.91 bits per heavy atom. The quantitative estimate of drug-likeness (QED) is 0.870. The average molecular weight is 326 g/mol. The molecule has 0 spiro atoms. The molecule has 0 amide bonds. The van der Waals surface area contributed by atoms with Crippen LogP contribution in [0.25, 0.3) is 0 Å². The molecule has 124 valence electrons. The van der Waals surface area contributed by atoms with E-state index in [0.717, 1.165) is 37.2 Å². The average Bonchev–Trinajstić information content (AvgIpc) is 2.40. The molecule has 22 heavy (non-hydrogen) atoms. The lowest BCUT2D eigenvalue weighted by molar-refractivity contribution is 0.240. The van der Waals surface area contributed by atoms with E-state index in [1.807, 2.05) is 27.7 Å². The van der Waals surface area contributed by atoms with Gasteiger partial charge >= 0.3 is 0 Å². The number of benzene rings is 1. The first-order valence-corrected chi connectivity index (χ1v) is 9.22. The van der Waals surface area contributed by atoms with Gasteiger partial charge in [-0.05, 0) is 77.4 Å². The van der Waals surface area contributed by atoms with Crippen molar-refractivity contribution in [2.24, 2.45) is 0 Å². The summed E-state index contributed by atoms with van der Waals surface area (Å²) in [4.78, 5) is 0.292. The summed E-state index contributed by atoms with van der Waals surface area (Å²) in [7, 11) is -3.52. The summed E-state index contributed by atoms with van der Waals surface area (Å²) in [5, 5.41) is 3.25. The van der Waals surface area contributed by atoms with Gasteiger partial charge in [0.25, 0.3) is 0 Å². The van der Waals surface area contributed by atoms with Crippen LogP contribution in [0.5, 0.6) is 5.75 Å². The Bertz CT molecular complexity index is 620. The maximum Gasteiger partial charge on any atom is 0.241 e. The summed E-state index contributed by atoms with van der Waals surface area (Å²) >= 11 is 0. The van der Waals surface area contributed by atoms with E-state index in [0.29, 0.717) is 4.90 Å². The van der Waals surface area contributed by atoms with E-state index < -0.39 is 10.0 Å². The van der Waals surface area contributed by atoms with Crippen LogP contribution in [0.2, 0.25) is 0 Å². The molecule has 1 aromatic rings. The van der Waals surface area contributed by atoms with Crippen molar-refractivity contribution in [2.75, 3.05) is 13.1 Å². The Morgan fingerprint density at radius 1 is 1.27 bits per heavy atom. The molecule has 1 aliphatic rings. The van der Waals surface area contributed by atoms with Gasteiger partial charge in [-0.1, -0.05) is 0 Å². The third-order valence-electron chi connectivity index (χ3n) is 3.91. The molecule has 2 rings (SSSR count). The zero-order chi connectivity index (χ0) is 16.4. The maximum absolute atomic E-state index is 12.6. The van der Waals surface area contributed by atoms with E-state index in [1.54, 1.807) is 18.2 Å². The van der Waals surface area contributed by atoms with E-state index >= 15 is 0 Å². The third-order valence-corrected chi connectivity index (χ3v) is 5.54. The molecule has 1 saturated heterocycles. The van der Waals surface area contributed by atoms with Gasteiger partial charge in [-0.2, -0.15) is 0 Å². The predicted octanol–water partition coefficient (Wildman–Crippen LogP) is 2.20. The number of hydrogen-bond donors (Lipinski definition) is 2.